The molecule has 0 saturated heterocycles. The second-order valence-corrected chi connectivity index (χ2v) is 5.16. The Morgan fingerprint density at radius 1 is 1.13 bits per heavy atom. The van der Waals surface area contributed by atoms with Crippen LogP contribution in [0.4, 0.5) is 14.5 Å². The molecular formula is C16H10ClF2N3O. The van der Waals surface area contributed by atoms with Crippen LogP contribution in [0, 0.1) is 11.6 Å². The number of nitrogens with zero attached hydrogens (tertiary/aromatic N) is 1. The molecule has 0 saturated carbocycles. The summed E-state index contributed by atoms with van der Waals surface area (Å²) in [4.78, 5) is 12.2. The van der Waals surface area contributed by atoms with Gasteiger partial charge >= 0.3 is 0 Å². The van der Waals surface area contributed by atoms with E-state index in [1.807, 2.05) is 6.07 Å². The molecule has 0 aliphatic carbocycles. The fourth-order valence-electron chi connectivity index (χ4n) is 2.08. The third kappa shape index (κ3) is 3.22. The highest BCUT2D eigenvalue weighted by atomic mass is 35.5. The number of H-pyrrole nitrogens is 1. The first-order valence-corrected chi connectivity index (χ1v) is 6.98. The fraction of sp³-hybridized carbons (Fsp3) is 0. The molecule has 23 heavy (non-hydrogen) atoms. The number of nitrogens with one attached hydrogen (secondary N) is 2. The van der Waals surface area contributed by atoms with Crippen molar-refractivity contribution in [3.63, 3.8) is 0 Å². The van der Waals surface area contributed by atoms with Crippen LogP contribution in [0.15, 0.2) is 48.7 Å². The van der Waals surface area contributed by atoms with Crippen molar-refractivity contribution in [2.45, 2.75) is 0 Å². The van der Waals surface area contributed by atoms with Gasteiger partial charge < -0.3 is 5.32 Å². The molecule has 0 spiro atoms. The van der Waals surface area contributed by atoms with Crippen LogP contribution in [0.2, 0.25) is 5.02 Å². The number of halogens is 3. The van der Waals surface area contributed by atoms with E-state index in [9.17, 15) is 13.6 Å². The molecule has 3 rings (SSSR count). The number of amides is 1. The summed E-state index contributed by atoms with van der Waals surface area (Å²) in [5, 5.41) is 9.11. The number of benzene rings is 2. The monoisotopic (exact) mass is 333 g/mol. The van der Waals surface area contributed by atoms with E-state index in [0.29, 0.717) is 5.69 Å². The molecule has 2 aromatic carbocycles. The molecule has 3 aromatic rings. The summed E-state index contributed by atoms with van der Waals surface area (Å²) in [5.41, 5.74) is 1.95. The number of aromatic nitrogens is 2. The van der Waals surface area contributed by atoms with Crippen LogP contribution in [0.25, 0.3) is 11.3 Å². The zero-order valence-electron chi connectivity index (χ0n) is 11.6. The summed E-state index contributed by atoms with van der Waals surface area (Å²) in [7, 11) is 0. The van der Waals surface area contributed by atoms with Crippen molar-refractivity contribution >= 4 is 23.2 Å². The minimum atomic E-state index is -1.13. The van der Waals surface area contributed by atoms with Crippen LogP contribution in [-0.2, 0) is 0 Å². The Hall–Kier alpha value is -2.73. The number of hydrogen-bond donors (Lipinski definition) is 2. The molecular weight excluding hydrogens is 324 g/mol. The quantitative estimate of drug-likeness (QED) is 0.704. The van der Waals surface area contributed by atoms with E-state index < -0.39 is 17.5 Å². The summed E-state index contributed by atoms with van der Waals surface area (Å²) in [6.07, 6.45) is 1.61. The number of aromatic amines is 1. The van der Waals surface area contributed by atoms with Gasteiger partial charge in [0, 0.05) is 17.4 Å². The SMILES string of the molecule is O=C(Nc1cccc(-c2ccn[nH]2)c1)c1cc(F)c(F)cc1Cl. The molecule has 0 atom stereocenters. The molecule has 0 aliphatic heterocycles. The lowest BCUT2D eigenvalue weighted by Gasteiger charge is -2.08. The summed E-state index contributed by atoms with van der Waals surface area (Å²) in [6, 6.07) is 10.3. The Morgan fingerprint density at radius 3 is 2.65 bits per heavy atom. The highest BCUT2D eigenvalue weighted by molar-refractivity contribution is 6.34. The minimum absolute atomic E-state index is 0.141. The Balaban J connectivity index is 1.86. The fourth-order valence-corrected chi connectivity index (χ4v) is 2.31. The van der Waals surface area contributed by atoms with Crippen molar-refractivity contribution in [3.05, 3.63) is 70.9 Å². The number of hydrogen-bond acceptors (Lipinski definition) is 2. The summed E-state index contributed by atoms with van der Waals surface area (Å²) < 4.78 is 26.3. The summed E-state index contributed by atoms with van der Waals surface area (Å²) in [6.45, 7) is 0. The average molecular weight is 334 g/mol. The Bertz CT molecular complexity index is 866. The maximum atomic E-state index is 13.3. The standard InChI is InChI=1S/C16H10ClF2N3O/c17-12-8-14(19)13(18)7-11(12)16(23)21-10-3-1-2-9(6-10)15-4-5-20-22-15/h1-8H,(H,20,22)(H,21,23). The lowest BCUT2D eigenvalue weighted by Crippen LogP contribution is -2.13. The first kappa shape index (κ1) is 15.2. The van der Waals surface area contributed by atoms with Gasteiger partial charge in [-0.3, -0.25) is 9.89 Å². The van der Waals surface area contributed by atoms with Gasteiger partial charge in [-0.15, -0.1) is 0 Å². The maximum absolute atomic E-state index is 13.3. The van der Waals surface area contributed by atoms with Crippen molar-refractivity contribution in [2.75, 3.05) is 5.32 Å². The second-order valence-electron chi connectivity index (χ2n) is 4.75. The zero-order chi connectivity index (χ0) is 16.4. The van der Waals surface area contributed by atoms with E-state index in [1.165, 1.54) is 0 Å². The van der Waals surface area contributed by atoms with Gasteiger partial charge in [0.2, 0.25) is 0 Å². The van der Waals surface area contributed by atoms with E-state index in [0.717, 1.165) is 23.4 Å². The molecule has 0 radical (unpaired) electrons. The number of anilines is 1. The molecule has 0 fully saturated rings. The molecule has 116 valence electrons. The van der Waals surface area contributed by atoms with Crippen molar-refractivity contribution < 1.29 is 13.6 Å². The molecule has 0 bridgehead atoms. The van der Waals surface area contributed by atoms with Gasteiger partial charge in [-0.05, 0) is 30.3 Å². The second kappa shape index (κ2) is 6.18. The van der Waals surface area contributed by atoms with Crippen LogP contribution in [-0.4, -0.2) is 16.1 Å². The lowest BCUT2D eigenvalue weighted by atomic mass is 10.1. The highest BCUT2D eigenvalue weighted by Gasteiger charge is 2.15. The lowest BCUT2D eigenvalue weighted by molar-refractivity contribution is 0.102. The molecule has 2 N–H and O–H groups in total. The Morgan fingerprint density at radius 2 is 1.91 bits per heavy atom. The van der Waals surface area contributed by atoms with Crippen molar-refractivity contribution in [2.24, 2.45) is 0 Å². The predicted molar refractivity (Wildman–Crippen MR) is 83.3 cm³/mol. The number of carbonyl (C=O) groups is 1. The van der Waals surface area contributed by atoms with Gasteiger partial charge in [-0.2, -0.15) is 5.10 Å². The van der Waals surface area contributed by atoms with Gasteiger partial charge in [-0.25, -0.2) is 8.78 Å². The number of rotatable bonds is 3. The van der Waals surface area contributed by atoms with Crippen molar-refractivity contribution in [3.8, 4) is 11.3 Å². The van der Waals surface area contributed by atoms with Crippen LogP contribution < -0.4 is 5.32 Å². The van der Waals surface area contributed by atoms with Crippen molar-refractivity contribution in [1.82, 2.24) is 10.2 Å². The van der Waals surface area contributed by atoms with E-state index in [2.05, 4.69) is 15.5 Å². The third-order valence-electron chi connectivity index (χ3n) is 3.19. The maximum Gasteiger partial charge on any atom is 0.257 e. The van der Waals surface area contributed by atoms with Gasteiger partial charge in [0.1, 0.15) is 0 Å². The molecule has 7 heteroatoms. The van der Waals surface area contributed by atoms with Crippen LogP contribution in [0.5, 0.6) is 0 Å². The Kier molecular flexibility index (Phi) is 4.08. The molecule has 1 heterocycles. The third-order valence-corrected chi connectivity index (χ3v) is 3.50. The highest BCUT2D eigenvalue weighted by Crippen LogP contribution is 2.23. The van der Waals surface area contributed by atoms with E-state index in [1.54, 1.807) is 30.5 Å². The first-order chi connectivity index (χ1) is 11.0. The van der Waals surface area contributed by atoms with Gasteiger partial charge in [0.05, 0.1) is 16.3 Å². The minimum Gasteiger partial charge on any atom is -0.322 e. The molecule has 1 aromatic heterocycles. The van der Waals surface area contributed by atoms with Gasteiger partial charge in [0.15, 0.2) is 11.6 Å². The van der Waals surface area contributed by atoms with Crippen LogP contribution in [0.1, 0.15) is 10.4 Å². The molecule has 1 amide bonds. The average Bonchev–Trinajstić information content (AvgIpc) is 3.05. The zero-order valence-corrected chi connectivity index (χ0v) is 12.4. The first-order valence-electron chi connectivity index (χ1n) is 6.60. The van der Waals surface area contributed by atoms with Gasteiger partial charge in [-0.1, -0.05) is 23.7 Å². The van der Waals surface area contributed by atoms with Crippen LogP contribution >= 0.6 is 11.6 Å². The topological polar surface area (TPSA) is 57.8 Å². The smallest absolute Gasteiger partial charge is 0.257 e. The molecule has 4 nitrogen and oxygen atoms in total. The largest absolute Gasteiger partial charge is 0.322 e. The summed E-state index contributed by atoms with van der Waals surface area (Å²) >= 11 is 5.79. The van der Waals surface area contributed by atoms with E-state index in [-0.39, 0.29) is 10.6 Å². The molecule has 0 unspecified atom stereocenters. The Labute approximate surface area is 135 Å². The van der Waals surface area contributed by atoms with Crippen LogP contribution in [0.3, 0.4) is 0 Å². The van der Waals surface area contributed by atoms with E-state index >= 15 is 0 Å². The predicted octanol–water partition coefficient (Wildman–Crippen LogP) is 4.26. The molecule has 0 aliphatic rings. The van der Waals surface area contributed by atoms with E-state index in [4.69, 9.17) is 11.6 Å². The summed E-state index contributed by atoms with van der Waals surface area (Å²) in [5.74, 6) is -2.87. The normalized spacial score (nSPS) is 10.6. The van der Waals surface area contributed by atoms with Crippen molar-refractivity contribution in [1.29, 1.82) is 0 Å². The number of carbonyl (C=O) groups excluding carboxylic acids is 1. The van der Waals surface area contributed by atoms with Gasteiger partial charge in [0.25, 0.3) is 5.91 Å².